The third-order valence-electron chi connectivity index (χ3n) is 5.21. The van der Waals surface area contributed by atoms with E-state index in [0.29, 0.717) is 16.4 Å². The van der Waals surface area contributed by atoms with Gasteiger partial charge in [-0.1, -0.05) is 71.6 Å². The number of sulfonamides is 1. The van der Waals surface area contributed by atoms with Crippen LogP contribution in [-0.2, 0) is 15.8 Å². The first-order valence-corrected chi connectivity index (χ1v) is 14.0. The fourth-order valence-corrected chi connectivity index (χ4v) is 6.38. The molecular formula is C25H24N4O3S3. The molecule has 1 aromatic heterocycles. The molecule has 10 heteroatoms. The molecule has 0 fully saturated rings. The third kappa shape index (κ3) is 6.27. The van der Waals surface area contributed by atoms with Crippen molar-refractivity contribution < 1.29 is 13.2 Å². The van der Waals surface area contributed by atoms with Crippen LogP contribution in [0.15, 0.2) is 76.0 Å². The zero-order valence-corrected chi connectivity index (χ0v) is 21.9. The summed E-state index contributed by atoms with van der Waals surface area (Å²) in [6.45, 7) is 5.43. The summed E-state index contributed by atoms with van der Waals surface area (Å²) in [6.07, 6.45) is 0. The van der Waals surface area contributed by atoms with Crippen LogP contribution in [0.4, 0.5) is 10.8 Å². The lowest BCUT2D eigenvalue weighted by Crippen LogP contribution is -2.17. The van der Waals surface area contributed by atoms with Gasteiger partial charge in [0.25, 0.3) is 15.9 Å². The molecule has 35 heavy (non-hydrogen) atoms. The number of carbonyl (C=O) groups excluding carboxylic acids is 1. The standard InChI is InChI=1S/C25H24N4O3S3/c1-16-9-10-17(2)21(13-16)29-35(31,32)22-14-20(12-11-18(22)3)23(30)26-24-27-28-25(34-24)33-15-19-7-5-4-6-8-19/h4-14,29H,15H2,1-3H3,(H,26,27,30). The van der Waals surface area contributed by atoms with Gasteiger partial charge in [-0.2, -0.15) is 0 Å². The molecule has 1 heterocycles. The van der Waals surface area contributed by atoms with Gasteiger partial charge < -0.3 is 0 Å². The highest BCUT2D eigenvalue weighted by Crippen LogP contribution is 2.29. The quantitative estimate of drug-likeness (QED) is 0.223. The van der Waals surface area contributed by atoms with E-state index in [-0.39, 0.29) is 10.5 Å². The van der Waals surface area contributed by atoms with Gasteiger partial charge in [0.15, 0.2) is 4.34 Å². The van der Waals surface area contributed by atoms with Crippen molar-refractivity contribution in [3.05, 3.63) is 94.5 Å². The summed E-state index contributed by atoms with van der Waals surface area (Å²) in [4.78, 5) is 12.9. The minimum Gasteiger partial charge on any atom is -0.296 e. The normalized spacial score (nSPS) is 11.3. The van der Waals surface area contributed by atoms with Gasteiger partial charge >= 0.3 is 0 Å². The first kappa shape index (κ1) is 24.9. The molecule has 0 bridgehead atoms. The number of amides is 1. The van der Waals surface area contributed by atoms with E-state index in [1.807, 2.05) is 56.3 Å². The SMILES string of the molecule is Cc1ccc(C)c(NS(=O)(=O)c2cc(C(=O)Nc3nnc(SCc4ccccc4)s3)ccc2C)c1. The maximum Gasteiger partial charge on any atom is 0.262 e. The summed E-state index contributed by atoms with van der Waals surface area (Å²) < 4.78 is 29.7. The van der Waals surface area contributed by atoms with Crippen LogP contribution in [0.1, 0.15) is 32.6 Å². The van der Waals surface area contributed by atoms with Crippen molar-refractivity contribution in [3.8, 4) is 0 Å². The zero-order chi connectivity index (χ0) is 25.0. The maximum absolute atomic E-state index is 13.1. The highest BCUT2D eigenvalue weighted by atomic mass is 32.2. The van der Waals surface area contributed by atoms with Crippen molar-refractivity contribution in [2.24, 2.45) is 0 Å². The lowest BCUT2D eigenvalue weighted by molar-refractivity contribution is 0.102. The van der Waals surface area contributed by atoms with E-state index in [9.17, 15) is 13.2 Å². The molecule has 0 saturated heterocycles. The monoisotopic (exact) mass is 524 g/mol. The molecular weight excluding hydrogens is 501 g/mol. The summed E-state index contributed by atoms with van der Waals surface area (Å²) in [6, 6.07) is 20.1. The van der Waals surface area contributed by atoms with Gasteiger partial charge in [-0.05, 0) is 61.2 Å². The summed E-state index contributed by atoms with van der Waals surface area (Å²) >= 11 is 2.80. The van der Waals surface area contributed by atoms with Gasteiger partial charge in [0.1, 0.15) is 0 Å². The third-order valence-corrected chi connectivity index (χ3v) is 8.76. The number of carbonyl (C=O) groups is 1. The van der Waals surface area contributed by atoms with Crippen molar-refractivity contribution in [1.29, 1.82) is 0 Å². The van der Waals surface area contributed by atoms with Gasteiger partial charge in [0, 0.05) is 11.3 Å². The highest BCUT2D eigenvalue weighted by Gasteiger charge is 2.21. The number of benzene rings is 3. The number of anilines is 2. The van der Waals surface area contributed by atoms with Crippen LogP contribution >= 0.6 is 23.1 Å². The largest absolute Gasteiger partial charge is 0.296 e. The molecule has 2 N–H and O–H groups in total. The van der Waals surface area contributed by atoms with Gasteiger partial charge in [0.2, 0.25) is 5.13 Å². The summed E-state index contributed by atoms with van der Waals surface area (Å²) in [5, 5.41) is 11.2. The maximum atomic E-state index is 13.1. The molecule has 0 aliphatic carbocycles. The molecule has 0 saturated carbocycles. The minimum atomic E-state index is -3.90. The van der Waals surface area contributed by atoms with Crippen LogP contribution in [0.5, 0.6) is 0 Å². The van der Waals surface area contributed by atoms with Crippen LogP contribution in [0.25, 0.3) is 0 Å². The first-order valence-electron chi connectivity index (χ1n) is 10.7. The summed E-state index contributed by atoms with van der Waals surface area (Å²) in [5.41, 5.74) is 4.18. The van der Waals surface area contributed by atoms with Crippen molar-refractivity contribution in [1.82, 2.24) is 10.2 Å². The molecule has 4 aromatic rings. The topological polar surface area (TPSA) is 101 Å². The van der Waals surface area contributed by atoms with Gasteiger partial charge in [0.05, 0.1) is 10.6 Å². The van der Waals surface area contributed by atoms with Crippen LogP contribution in [0.2, 0.25) is 0 Å². The molecule has 180 valence electrons. The molecule has 4 rings (SSSR count). The number of aromatic nitrogens is 2. The number of rotatable bonds is 8. The predicted octanol–water partition coefficient (Wildman–Crippen LogP) is 5.81. The number of thioether (sulfide) groups is 1. The Kier molecular flexibility index (Phi) is 7.54. The average molecular weight is 525 g/mol. The van der Waals surface area contributed by atoms with E-state index in [4.69, 9.17) is 0 Å². The van der Waals surface area contributed by atoms with E-state index in [2.05, 4.69) is 20.2 Å². The zero-order valence-electron chi connectivity index (χ0n) is 19.4. The molecule has 3 aromatic carbocycles. The Morgan fingerprint density at radius 3 is 2.46 bits per heavy atom. The van der Waals surface area contributed by atoms with Crippen LogP contribution in [0, 0.1) is 20.8 Å². The predicted molar refractivity (Wildman–Crippen MR) is 142 cm³/mol. The minimum absolute atomic E-state index is 0.0439. The highest BCUT2D eigenvalue weighted by molar-refractivity contribution is 8.00. The lowest BCUT2D eigenvalue weighted by atomic mass is 10.1. The van der Waals surface area contributed by atoms with E-state index in [1.165, 1.54) is 34.7 Å². The fourth-order valence-electron chi connectivity index (χ4n) is 3.28. The van der Waals surface area contributed by atoms with Crippen molar-refractivity contribution >= 4 is 49.8 Å². The Balaban J connectivity index is 1.48. The van der Waals surface area contributed by atoms with E-state index in [0.717, 1.165) is 21.2 Å². The van der Waals surface area contributed by atoms with Crippen LogP contribution in [-0.4, -0.2) is 24.5 Å². The molecule has 0 aliphatic heterocycles. The Labute approximate surface area is 213 Å². The van der Waals surface area contributed by atoms with E-state index in [1.54, 1.807) is 25.1 Å². The molecule has 7 nitrogen and oxygen atoms in total. The summed E-state index contributed by atoms with van der Waals surface area (Å²) in [5.74, 6) is 0.291. The Hall–Kier alpha value is -3.21. The number of hydrogen-bond acceptors (Lipinski definition) is 7. The second-order valence-corrected chi connectivity index (χ2v) is 11.9. The van der Waals surface area contributed by atoms with Gasteiger partial charge in [-0.3, -0.25) is 14.8 Å². The molecule has 1 amide bonds. The number of hydrogen-bond donors (Lipinski definition) is 2. The Morgan fingerprint density at radius 1 is 0.943 bits per heavy atom. The van der Waals surface area contributed by atoms with Gasteiger partial charge in [-0.25, -0.2) is 8.42 Å². The number of nitrogens with zero attached hydrogens (tertiary/aromatic N) is 2. The number of aryl methyl sites for hydroxylation is 3. The smallest absolute Gasteiger partial charge is 0.262 e. The van der Waals surface area contributed by atoms with E-state index < -0.39 is 15.9 Å². The fraction of sp³-hybridized carbons (Fsp3) is 0.160. The second kappa shape index (κ2) is 10.6. The first-order chi connectivity index (χ1) is 16.7. The number of nitrogens with one attached hydrogen (secondary N) is 2. The average Bonchev–Trinajstić information content (AvgIpc) is 3.28. The van der Waals surface area contributed by atoms with Crippen molar-refractivity contribution in [2.45, 2.75) is 35.8 Å². The van der Waals surface area contributed by atoms with Crippen molar-refractivity contribution in [2.75, 3.05) is 10.0 Å². The Bertz CT molecular complexity index is 1470. The Morgan fingerprint density at radius 2 is 1.69 bits per heavy atom. The molecule has 0 aliphatic rings. The molecule has 0 radical (unpaired) electrons. The molecule has 0 unspecified atom stereocenters. The van der Waals surface area contributed by atoms with Gasteiger partial charge in [-0.15, -0.1) is 10.2 Å². The summed E-state index contributed by atoms with van der Waals surface area (Å²) in [7, 11) is -3.90. The molecule has 0 spiro atoms. The van der Waals surface area contributed by atoms with E-state index >= 15 is 0 Å². The van der Waals surface area contributed by atoms with Crippen LogP contribution < -0.4 is 10.0 Å². The lowest BCUT2D eigenvalue weighted by Gasteiger charge is -2.14. The van der Waals surface area contributed by atoms with Crippen molar-refractivity contribution in [3.63, 3.8) is 0 Å². The molecule has 0 atom stereocenters. The second-order valence-electron chi connectivity index (χ2n) is 8.01. The van der Waals surface area contributed by atoms with Crippen LogP contribution in [0.3, 0.4) is 0 Å².